The zero-order valence-corrected chi connectivity index (χ0v) is 14.4. The number of benzene rings is 1. The summed E-state index contributed by atoms with van der Waals surface area (Å²) < 4.78 is 5.36. The number of esters is 1. The van der Waals surface area contributed by atoms with Gasteiger partial charge in [-0.1, -0.05) is 49.7 Å². The smallest absolute Gasteiger partial charge is 0.329 e. The normalized spacial score (nSPS) is 12.0. The molecule has 1 atom stereocenters. The van der Waals surface area contributed by atoms with Crippen LogP contribution in [0.25, 0.3) is 0 Å². The predicted molar refractivity (Wildman–Crippen MR) is 91.4 cm³/mol. The number of nitrogens with one attached hydrogen (secondary N) is 1. The van der Waals surface area contributed by atoms with Crippen molar-refractivity contribution < 1.29 is 14.3 Å². The number of hydrogen-bond donors (Lipinski definition) is 1. The highest BCUT2D eigenvalue weighted by atomic mass is 32.1. The Hall–Kier alpha value is -2.14. The van der Waals surface area contributed by atoms with Crippen LogP contribution in [-0.2, 0) is 16.1 Å². The maximum absolute atomic E-state index is 12.3. The van der Waals surface area contributed by atoms with E-state index in [9.17, 15) is 9.59 Å². The van der Waals surface area contributed by atoms with Gasteiger partial charge in [0.05, 0.1) is 4.88 Å². The maximum atomic E-state index is 12.3. The summed E-state index contributed by atoms with van der Waals surface area (Å²) in [4.78, 5) is 25.0. The molecule has 0 aliphatic rings. The standard InChI is InChI=1S/C18H21NO3S/c1-12(2)16(19-17(20)15-5-4-10-23-15)18(21)22-11-14-8-6-13(3)7-9-14/h4-10,12,16H,11H2,1-3H3,(H,19,20)/t16-/m0/s1. The molecule has 4 nitrogen and oxygen atoms in total. The highest BCUT2D eigenvalue weighted by molar-refractivity contribution is 7.12. The monoisotopic (exact) mass is 331 g/mol. The number of carbonyl (C=O) groups excluding carboxylic acids is 2. The van der Waals surface area contributed by atoms with Gasteiger partial charge in [-0.2, -0.15) is 0 Å². The first kappa shape index (κ1) is 17.2. The SMILES string of the molecule is Cc1ccc(COC(=O)[C@@H](NC(=O)c2cccs2)C(C)C)cc1. The fourth-order valence-corrected chi connectivity index (χ4v) is 2.67. The van der Waals surface area contributed by atoms with Crippen molar-refractivity contribution >= 4 is 23.2 Å². The van der Waals surface area contributed by atoms with E-state index >= 15 is 0 Å². The van der Waals surface area contributed by atoms with Gasteiger partial charge in [-0.25, -0.2) is 4.79 Å². The molecule has 0 bridgehead atoms. The van der Waals surface area contributed by atoms with Crippen molar-refractivity contribution in [2.45, 2.75) is 33.4 Å². The molecule has 0 radical (unpaired) electrons. The molecular weight excluding hydrogens is 310 g/mol. The Morgan fingerprint density at radius 1 is 1.17 bits per heavy atom. The molecule has 0 fully saturated rings. The van der Waals surface area contributed by atoms with E-state index in [1.807, 2.05) is 50.4 Å². The lowest BCUT2D eigenvalue weighted by Gasteiger charge is -2.20. The first-order chi connectivity index (χ1) is 11.0. The van der Waals surface area contributed by atoms with E-state index in [0.717, 1.165) is 11.1 Å². The van der Waals surface area contributed by atoms with Crippen molar-refractivity contribution in [3.8, 4) is 0 Å². The van der Waals surface area contributed by atoms with Crippen molar-refractivity contribution in [2.24, 2.45) is 5.92 Å². The Balaban J connectivity index is 1.95. The molecule has 0 aliphatic heterocycles. The molecule has 1 aromatic carbocycles. The lowest BCUT2D eigenvalue weighted by atomic mass is 10.0. The first-order valence-corrected chi connectivity index (χ1v) is 8.42. The minimum Gasteiger partial charge on any atom is -0.459 e. The van der Waals surface area contributed by atoms with Gasteiger partial charge in [0.15, 0.2) is 0 Å². The Labute approximate surface area is 140 Å². The van der Waals surface area contributed by atoms with Crippen LogP contribution in [0.15, 0.2) is 41.8 Å². The Morgan fingerprint density at radius 2 is 1.87 bits per heavy atom. The van der Waals surface area contributed by atoms with E-state index in [0.29, 0.717) is 4.88 Å². The van der Waals surface area contributed by atoms with E-state index in [1.165, 1.54) is 11.3 Å². The van der Waals surface area contributed by atoms with Gasteiger partial charge < -0.3 is 10.1 Å². The van der Waals surface area contributed by atoms with Gasteiger partial charge in [0, 0.05) is 0 Å². The molecule has 1 amide bonds. The number of amides is 1. The van der Waals surface area contributed by atoms with Crippen molar-refractivity contribution in [1.29, 1.82) is 0 Å². The van der Waals surface area contributed by atoms with Crippen LogP contribution in [0.2, 0.25) is 0 Å². The third kappa shape index (κ3) is 4.93. The van der Waals surface area contributed by atoms with E-state index in [4.69, 9.17) is 4.74 Å². The van der Waals surface area contributed by atoms with Gasteiger partial charge >= 0.3 is 5.97 Å². The molecule has 0 saturated carbocycles. The minimum absolute atomic E-state index is 0.0515. The third-order valence-electron chi connectivity index (χ3n) is 3.45. The summed E-state index contributed by atoms with van der Waals surface area (Å²) in [5.41, 5.74) is 2.08. The second-order valence-electron chi connectivity index (χ2n) is 5.77. The van der Waals surface area contributed by atoms with Gasteiger partial charge in [-0.05, 0) is 29.9 Å². The van der Waals surface area contributed by atoms with Crippen LogP contribution in [0, 0.1) is 12.8 Å². The molecule has 0 aliphatic carbocycles. The molecule has 0 spiro atoms. The summed E-state index contributed by atoms with van der Waals surface area (Å²) in [6.45, 7) is 5.97. The second kappa shape index (κ2) is 7.92. The van der Waals surface area contributed by atoms with Crippen LogP contribution in [0.5, 0.6) is 0 Å². The molecule has 23 heavy (non-hydrogen) atoms. The molecule has 0 unspecified atom stereocenters. The Kier molecular flexibility index (Phi) is 5.93. The van der Waals surface area contributed by atoms with E-state index < -0.39 is 12.0 Å². The third-order valence-corrected chi connectivity index (χ3v) is 4.32. The van der Waals surface area contributed by atoms with Gasteiger partial charge in [-0.3, -0.25) is 4.79 Å². The molecule has 0 saturated heterocycles. The zero-order chi connectivity index (χ0) is 16.8. The molecular formula is C18H21NO3S. The number of carbonyl (C=O) groups is 2. The Bertz CT molecular complexity index is 647. The van der Waals surface area contributed by atoms with Crippen LogP contribution in [0.4, 0.5) is 0 Å². The van der Waals surface area contributed by atoms with Crippen LogP contribution >= 0.6 is 11.3 Å². The van der Waals surface area contributed by atoms with Crippen molar-refractivity contribution in [2.75, 3.05) is 0 Å². The minimum atomic E-state index is -0.657. The molecule has 1 aromatic heterocycles. The summed E-state index contributed by atoms with van der Waals surface area (Å²) >= 11 is 1.34. The molecule has 1 N–H and O–H groups in total. The quantitative estimate of drug-likeness (QED) is 0.824. The molecule has 2 rings (SSSR count). The van der Waals surface area contributed by atoms with Crippen molar-refractivity contribution in [3.05, 3.63) is 57.8 Å². The second-order valence-corrected chi connectivity index (χ2v) is 6.71. The van der Waals surface area contributed by atoms with Gasteiger partial charge in [0.1, 0.15) is 12.6 Å². The average Bonchev–Trinajstić information content (AvgIpc) is 3.05. The summed E-state index contributed by atoms with van der Waals surface area (Å²) in [5.74, 6) is -0.708. The molecule has 5 heteroatoms. The summed E-state index contributed by atoms with van der Waals surface area (Å²) in [6, 6.07) is 10.7. The fourth-order valence-electron chi connectivity index (χ4n) is 2.05. The number of rotatable bonds is 6. The summed E-state index contributed by atoms with van der Waals surface area (Å²) in [7, 11) is 0. The van der Waals surface area contributed by atoms with Crippen LogP contribution in [0.3, 0.4) is 0 Å². The van der Waals surface area contributed by atoms with Crippen LogP contribution < -0.4 is 5.32 Å². The number of hydrogen-bond acceptors (Lipinski definition) is 4. The van der Waals surface area contributed by atoms with Crippen molar-refractivity contribution in [1.82, 2.24) is 5.32 Å². The largest absolute Gasteiger partial charge is 0.459 e. The molecule has 1 heterocycles. The fraction of sp³-hybridized carbons (Fsp3) is 0.333. The molecule has 122 valence electrons. The topological polar surface area (TPSA) is 55.4 Å². The number of thiophene rings is 1. The lowest BCUT2D eigenvalue weighted by molar-refractivity contribution is -0.148. The van der Waals surface area contributed by atoms with Crippen molar-refractivity contribution in [3.63, 3.8) is 0 Å². The van der Waals surface area contributed by atoms with Gasteiger partial charge in [0.25, 0.3) is 5.91 Å². The summed E-state index contributed by atoms with van der Waals surface area (Å²) in [6.07, 6.45) is 0. The maximum Gasteiger partial charge on any atom is 0.329 e. The highest BCUT2D eigenvalue weighted by Crippen LogP contribution is 2.12. The number of aryl methyl sites for hydroxylation is 1. The lowest BCUT2D eigenvalue weighted by Crippen LogP contribution is -2.45. The van der Waals surface area contributed by atoms with Crippen LogP contribution in [0.1, 0.15) is 34.6 Å². The zero-order valence-electron chi connectivity index (χ0n) is 13.5. The van der Waals surface area contributed by atoms with Gasteiger partial charge in [-0.15, -0.1) is 11.3 Å². The average molecular weight is 331 g/mol. The van der Waals surface area contributed by atoms with E-state index in [-0.39, 0.29) is 18.4 Å². The number of ether oxygens (including phenoxy) is 1. The predicted octanol–water partition coefficient (Wildman–Crippen LogP) is 3.55. The van der Waals surface area contributed by atoms with E-state index in [2.05, 4.69) is 5.32 Å². The highest BCUT2D eigenvalue weighted by Gasteiger charge is 2.26. The summed E-state index contributed by atoms with van der Waals surface area (Å²) in [5, 5.41) is 4.59. The molecule has 2 aromatic rings. The van der Waals surface area contributed by atoms with Gasteiger partial charge in [0.2, 0.25) is 0 Å². The van der Waals surface area contributed by atoms with E-state index in [1.54, 1.807) is 12.1 Å². The first-order valence-electron chi connectivity index (χ1n) is 7.54. The van der Waals surface area contributed by atoms with Crippen LogP contribution in [-0.4, -0.2) is 17.9 Å². The Morgan fingerprint density at radius 3 is 2.43 bits per heavy atom.